The Labute approximate surface area is 78.4 Å². The molecule has 0 aromatic heterocycles. The summed E-state index contributed by atoms with van der Waals surface area (Å²) in [5.74, 6) is 0.487. The standard InChI is InChI=1S/C9H16O2S/c1-7(2)8(10)11-9(3,4)6-12-5/h1,6H2,2-5H3. The molecule has 0 aromatic rings. The SMILES string of the molecule is C=C(C)C(=O)OC(C)(C)CSC. The van der Waals surface area contributed by atoms with Gasteiger partial charge in [0.25, 0.3) is 0 Å². The van der Waals surface area contributed by atoms with Gasteiger partial charge in [0.15, 0.2) is 0 Å². The van der Waals surface area contributed by atoms with Crippen molar-refractivity contribution in [2.45, 2.75) is 26.4 Å². The van der Waals surface area contributed by atoms with E-state index in [0.717, 1.165) is 5.75 Å². The van der Waals surface area contributed by atoms with Crippen LogP contribution in [0.1, 0.15) is 20.8 Å². The Bertz CT molecular complexity index is 185. The fourth-order valence-electron chi connectivity index (χ4n) is 0.715. The van der Waals surface area contributed by atoms with Crippen molar-refractivity contribution in [3.05, 3.63) is 12.2 Å². The molecule has 0 aromatic carbocycles. The highest BCUT2D eigenvalue weighted by molar-refractivity contribution is 7.98. The number of thioether (sulfide) groups is 1. The summed E-state index contributed by atoms with van der Waals surface area (Å²) >= 11 is 1.66. The molecular weight excluding hydrogens is 172 g/mol. The second-order valence-corrected chi connectivity index (χ2v) is 4.23. The second-order valence-electron chi connectivity index (χ2n) is 3.36. The average molecular weight is 188 g/mol. The third-order valence-electron chi connectivity index (χ3n) is 1.21. The fourth-order valence-corrected chi connectivity index (χ4v) is 1.47. The van der Waals surface area contributed by atoms with Gasteiger partial charge in [-0.15, -0.1) is 0 Å². The van der Waals surface area contributed by atoms with Crippen molar-refractivity contribution >= 4 is 17.7 Å². The molecule has 70 valence electrons. The molecule has 2 nitrogen and oxygen atoms in total. The number of hydrogen-bond donors (Lipinski definition) is 0. The number of hydrogen-bond acceptors (Lipinski definition) is 3. The molecule has 0 saturated heterocycles. The van der Waals surface area contributed by atoms with Gasteiger partial charge in [0, 0.05) is 11.3 Å². The molecule has 0 aliphatic heterocycles. The van der Waals surface area contributed by atoms with Crippen LogP contribution in [0.15, 0.2) is 12.2 Å². The van der Waals surface area contributed by atoms with Crippen molar-refractivity contribution in [2.24, 2.45) is 0 Å². The Kier molecular flexibility index (Phi) is 4.39. The largest absolute Gasteiger partial charge is 0.455 e. The minimum atomic E-state index is -0.393. The molecule has 0 amide bonds. The minimum Gasteiger partial charge on any atom is -0.455 e. The van der Waals surface area contributed by atoms with Gasteiger partial charge in [0.05, 0.1) is 0 Å². The van der Waals surface area contributed by atoms with Gasteiger partial charge >= 0.3 is 5.97 Å². The van der Waals surface area contributed by atoms with Crippen LogP contribution in [0.2, 0.25) is 0 Å². The topological polar surface area (TPSA) is 26.3 Å². The van der Waals surface area contributed by atoms with Crippen LogP contribution in [0.4, 0.5) is 0 Å². The highest BCUT2D eigenvalue weighted by atomic mass is 32.2. The number of esters is 1. The van der Waals surface area contributed by atoms with E-state index in [0.29, 0.717) is 5.57 Å². The van der Waals surface area contributed by atoms with E-state index >= 15 is 0 Å². The van der Waals surface area contributed by atoms with Gasteiger partial charge < -0.3 is 4.74 Å². The number of carbonyl (C=O) groups is 1. The van der Waals surface area contributed by atoms with Crippen molar-refractivity contribution in [2.75, 3.05) is 12.0 Å². The van der Waals surface area contributed by atoms with Crippen LogP contribution in [0, 0.1) is 0 Å². The molecule has 3 heteroatoms. The molecule has 12 heavy (non-hydrogen) atoms. The van der Waals surface area contributed by atoms with Gasteiger partial charge in [-0.2, -0.15) is 11.8 Å². The minimum absolute atomic E-state index is 0.311. The first-order valence-corrected chi connectivity index (χ1v) is 5.16. The smallest absolute Gasteiger partial charge is 0.333 e. The molecule has 0 heterocycles. The first-order valence-electron chi connectivity index (χ1n) is 3.77. The third kappa shape index (κ3) is 4.44. The van der Waals surface area contributed by atoms with Crippen molar-refractivity contribution < 1.29 is 9.53 Å². The maximum absolute atomic E-state index is 11.1. The van der Waals surface area contributed by atoms with Crippen molar-refractivity contribution in [3.63, 3.8) is 0 Å². The van der Waals surface area contributed by atoms with Gasteiger partial charge in [-0.25, -0.2) is 4.79 Å². The molecule has 0 rings (SSSR count). The van der Waals surface area contributed by atoms with E-state index in [1.165, 1.54) is 0 Å². The van der Waals surface area contributed by atoms with Crippen LogP contribution in [0.5, 0.6) is 0 Å². The summed E-state index contributed by atoms with van der Waals surface area (Å²) in [6.45, 7) is 8.95. The monoisotopic (exact) mass is 188 g/mol. The van der Waals surface area contributed by atoms with E-state index < -0.39 is 5.60 Å². The predicted molar refractivity (Wildman–Crippen MR) is 53.4 cm³/mol. The first-order chi connectivity index (χ1) is 5.39. The highest BCUT2D eigenvalue weighted by Crippen LogP contribution is 2.16. The third-order valence-corrected chi connectivity index (χ3v) is 2.19. The molecule has 0 radical (unpaired) electrons. The van der Waals surface area contributed by atoms with Crippen LogP contribution in [0.25, 0.3) is 0 Å². The number of rotatable bonds is 4. The van der Waals surface area contributed by atoms with Gasteiger partial charge in [0.2, 0.25) is 0 Å². The Hall–Kier alpha value is -0.440. The summed E-state index contributed by atoms with van der Waals surface area (Å²) in [5.41, 5.74) is 0.0549. The molecule has 0 spiro atoms. The Balaban J connectivity index is 4.05. The lowest BCUT2D eigenvalue weighted by Gasteiger charge is -2.23. The normalized spacial score (nSPS) is 11.0. The van der Waals surface area contributed by atoms with Crippen LogP contribution in [0.3, 0.4) is 0 Å². The zero-order chi connectivity index (χ0) is 9.78. The van der Waals surface area contributed by atoms with Crippen LogP contribution < -0.4 is 0 Å². The van der Waals surface area contributed by atoms with E-state index in [1.807, 2.05) is 20.1 Å². The van der Waals surface area contributed by atoms with E-state index in [-0.39, 0.29) is 5.97 Å². The maximum atomic E-state index is 11.1. The Morgan fingerprint density at radius 1 is 1.58 bits per heavy atom. The molecule has 0 bridgehead atoms. The lowest BCUT2D eigenvalue weighted by atomic mass is 10.2. The van der Waals surface area contributed by atoms with Gasteiger partial charge in [-0.05, 0) is 27.0 Å². The van der Waals surface area contributed by atoms with Crippen LogP contribution >= 0.6 is 11.8 Å². The highest BCUT2D eigenvalue weighted by Gasteiger charge is 2.22. The van der Waals surface area contributed by atoms with E-state index in [9.17, 15) is 4.79 Å². The van der Waals surface area contributed by atoms with Gasteiger partial charge in [-0.3, -0.25) is 0 Å². The molecule has 0 saturated carbocycles. The molecule has 0 fully saturated rings. The van der Waals surface area contributed by atoms with E-state index in [4.69, 9.17) is 4.74 Å². The lowest BCUT2D eigenvalue weighted by molar-refractivity contribution is -0.149. The van der Waals surface area contributed by atoms with Crippen LogP contribution in [-0.4, -0.2) is 23.6 Å². The number of ether oxygens (including phenoxy) is 1. The van der Waals surface area contributed by atoms with Crippen LogP contribution in [-0.2, 0) is 9.53 Å². The maximum Gasteiger partial charge on any atom is 0.333 e. The summed E-state index contributed by atoms with van der Waals surface area (Å²) in [7, 11) is 0. The summed E-state index contributed by atoms with van der Waals surface area (Å²) in [6.07, 6.45) is 1.98. The zero-order valence-electron chi connectivity index (χ0n) is 8.14. The predicted octanol–water partition coefficient (Wildman–Crippen LogP) is 2.25. The van der Waals surface area contributed by atoms with Crippen molar-refractivity contribution in [1.82, 2.24) is 0 Å². The summed E-state index contributed by atoms with van der Waals surface area (Å²) in [5, 5.41) is 0. The zero-order valence-corrected chi connectivity index (χ0v) is 8.96. The molecule has 0 atom stereocenters. The molecule has 0 aliphatic rings. The summed E-state index contributed by atoms with van der Waals surface area (Å²) < 4.78 is 5.18. The fraction of sp³-hybridized carbons (Fsp3) is 0.667. The molecule has 0 N–H and O–H groups in total. The van der Waals surface area contributed by atoms with Gasteiger partial charge in [0.1, 0.15) is 5.60 Å². The van der Waals surface area contributed by atoms with Crippen molar-refractivity contribution in [3.8, 4) is 0 Å². The average Bonchev–Trinajstić information content (AvgIpc) is 1.85. The molecule has 0 aliphatic carbocycles. The second kappa shape index (κ2) is 4.55. The Morgan fingerprint density at radius 2 is 2.08 bits per heavy atom. The van der Waals surface area contributed by atoms with E-state index in [1.54, 1.807) is 18.7 Å². The van der Waals surface area contributed by atoms with E-state index in [2.05, 4.69) is 6.58 Å². The summed E-state index contributed by atoms with van der Waals surface area (Å²) in [4.78, 5) is 11.1. The molecule has 0 unspecified atom stereocenters. The van der Waals surface area contributed by atoms with Gasteiger partial charge in [-0.1, -0.05) is 6.58 Å². The number of carbonyl (C=O) groups excluding carboxylic acids is 1. The lowest BCUT2D eigenvalue weighted by Crippen LogP contribution is -2.30. The van der Waals surface area contributed by atoms with Crippen molar-refractivity contribution in [1.29, 1.82) is 0 Å². The first kappa shape index (κ1) is 11.6. The summed E-state index contributed by atoms with van der Waals surface area (Å²) in [6, 6.07) is 0. The molecular formula is C9H16O2S. The quantitative estimate of drug-likeness (QED) is 0.500. The Morgan fingerprint density at radius 3 is 2.42 bits per heavy atom.